The van der Waals surface area contributed by atoms with Crippen LogP contribution in [0.4, 0.5) is 4.39 Å². The van der Waals surface area contributed by atoms with E-state index in [2.05, 4.69) is 12.2 Å². The van der Waals surface area contributed by atoms with Crippen LogP contribution in [-0.2, 0) is 0 Å². The number of Topliss-reactive ketones (excluding diaryl/α,β-unsaturated/α-hetero) is 1. The molecule has 1 unspecified atom stereocenters. The first kappa shape index (κ1) is 13.3. The molecular formula is C16H18FNO2. The van der Waals surface area contributed by atoms with E-state index in [0.717, 1.165) is 32.2 Å². The fraction of sp³-hybridized carbons (Fsp3) is 0.438. The number of benzene rings is 1. The molecule has 1 aromatic carbocycles. The lowest BCUT2D eigenvalue weighted by Gasteiger charge is -2.26. The van der Waals surface area contributed by atoms with E-state index in [1.165, 1.54) is 12.1 Å². The number of ketones is 1. The molecule has 2 aromatic rings. The highest BCUT2D eigenvalue weighted by atomic mass is 19.1. The van der Waals surface area contributed by atoms with Crippen LogP contribution >= 0.6 is 0 Å². The molecule has 3 nitrogen and oxygen atoms in total. The first-order chi connectivity index (χ1) is 9.64. The third-order valence-electron chi connectivity index (χ3n) is 4.06. The summed E-state index contributed by atoms with van der Waals surface area (Å²) in [4.78, 5) is 12.8. The summed E-state index contributed by atoms with van der Waals surface area (Å²) in [5, 5.41) is 3.98. The highest BCUT2D eigenvalue weighted by molar-refractivity contribution is 6.03. The molecule has 3 rings (SSSR count). The number of rotatable bonds is 4. The van der Waals surface area contributed by atoms with Crippen molar-refractivity contribution in [3.05, 3.63) is 35.8 Å². The number of furan rings is 1. The van der Waals surface area contributed by atoms with Crippen LogP contribution in [0.25, 0.3) is 11.0 Å². The van der Waals surface area contributed by atoms with E-state index in [4.69, 9.17) is 4.42 Å². The van der Waals surface area contributed by atoms with Crippen LogP contribution in [0.15, 0.2) is 28.7 Å². The molecule has 2 heterocycles. The van der Waals surface area contributed by atoms with Gasteiger partial charge in [0.1, 0.15) is 11.4 Å². The Morgan fingerprint density at radius 3 is 3.00 bits per heavy atom. The SMILES string of the molecule is CCCC1(C(=O)c2cc3cc(F)ccc3o2)CCCN1. The van der Waals surface area contributed by atoms with E-state index in [1.807, 2.05) is 0 Å². The van der Waals surface area contributed by atoms with Gasteiger partial charge in [-0.05, 0) is 50.1 Å². The van der Waals surface area contributed by atoms with Crippen molar-refractivity contribution >= 4 is 16.8 Å². The van der Waals surface area contributed by atoms with Crippen LogP contribution in [0.2, 0.25) is 0 Å². The van der Waals surface area contributed by atoms with Crippen molar-refractivity contribution in [3.8, 4) is 0 Å². The van der Waals surface area contributed by atoms with E-state index in [9.17, 15) is 9.18 Å². The molecular weight excluding hydrogens is 257 g/mol. The Labute approximate surface area is 117 Å². The predicted octanol–water partition coefficient (Wildman–Crippen LogP) is 3.68. The van der Waals surface area contributed by atoms with Gasteiger partial charge in [0.25, 0.3) is 0 Å². The second-order valence-electron chi connectivity index (χ2n) is 5.48. The second kappa shape index (κ2) is 5.02. The van der Waals surface area contributed by atoms with Gasteiger partial charge in [-0.15, -0.1) is 0 Å². The van der Waals surface area contributed by atoms with Gasteiger partial charge >= 0.3 is 0 Å². The Kier molecular flexibility index (Phi) is 3.34. The second-order valence-corrected chi connectivity index (χ2v) is 5.48. The van der Waals surface area contributed by atoms with Crippen LogP contribution < -0.4 is 5.32 Å². The van der Waals surface area contributed by atoms with Crippen molar-refractivity contribution in [3.63, 3.8) is 0 Å². The van der Waals surface area contributed by atoms with Crippen molar-refractivity contribution in [1.29, 1.82) is 0 Å². The Bertz CT molecular complexity index is 641. The number of nitrogens with one attached hydrogen (secondary N) is 1. The molecule has 0 radical (unpaired) electrons. The molecule has 1 fully saturated rings. The minimum atomic E-state index is -0.499. The summed E-state index contributed by atoms with van der Waals surface area (Å²) >= 11 is 0. The molecule has 106 valence electrons. The maximum atomic E-state index is 13.2. The van der Waals surface area contributed by atoms with Crippen LogP contribution in [0.5, 0.6) is 0 Å². The fourth-order valence-corrected chi connectivity index (χ4v) is 3.12. The number of carbonyl (C=O) groups is 1. The average Bonchev–Trinajstić information content (AvgIpc) is 3.05. The molecule has 1 N–H and O–H groups in total. The molecule has 0 aliphatic carbocycles. The quantitative estimate of drug-likeness (QED) is 0.865. The lowest BCUT2D eigenvalue weighted by Crippen LogP contribution is -2.47. The zero-order chi connectivity index (χ0) is 14.2. The Balaban J connectivity index is 1.98. The zero-order valence-corrected chi connectivity index (χ0v) is 11.5. The van der Waals surface area contributed by atoms with Gasteiger partial charge in [-0.2, -0.15) is 0 Å². The van der Waals surface area contributed by atoms with Crippen molar-refractivity contribution in [2.45, 2.75) is 38.1 Å². The standard InChI is InChI=1S/C16H18FNO2/c1-2-6-16(7-3-8-18-16)15(19)14-10-11-9-12(17)4-5-13(11)20-14/h4-5,9-10,18H,2-3,6-8H2,1H3. The van der Waals surface area contributed by atoms with Gasteiger partial charge in [-0.25, -0.2) is 4.39 Å². The van der Waals surface area contributed by atoms with Gasteiger partial charge < -0.3 is 9.73 Å². The largest absolute Gasteiger partial charge is 0.453 e. The summed E-state index contributed by atoms with van der Waals surface area (Å²) in [5.41, 5.74) is 0.0562. The number of hydrogen-bond donors (Lipinski definition) is 1. The van der Waals surface area contributed by atoms with E-state index >= 15 is 0 Å². The molecule has 1 atom stereocenters. The third-order valence-corrected chi connectivity index (χ3v) is 4.06. The van der Waals surface area contributed by atoms with E-state index in [0.29, 0.717) is 16.7 Å². The first-order valence-corrected chi connectivity index (χ1v) is 7.13. The molecule has 0 amide bonds. The van der Waals surface area contributed by atoms with Gasteiger partial charge in [-0.1, -0.05) is 13.3 Å². The molecule has 1 aliphatic rings. The average molecular weight is 275 g/mol. The predicted molar refractivity (Wildman–Crippen MR) is 75.4 cm³/mol. The third kappa shape index (κ3) is 2.14. The molecule has 1 aromatic heterocycles. The number of hydrogen-bond acceptors (Lipinski definition) is 3. The van der Waals surface area contributed by atoms with Crippen LogP contribution in [0.1, 0.15) is 43.2 Å². The first-order valence-electron chi connectivity index (χ1n) is 7.13. The van der Waals surface area contributed by atoms with Gasteiger partial charge in [0.2, 0.25) is 5.78 Å². The molecule has 20 heavy (non-hydrogen) atoms. The fourth-order valence-electron chi connectivity index (χ4n) is 3.12. The molecule has 0 spiro atoms. The smallest absolute Gasteiger partial charge is 0.217 e. The summed E-state index contributed by atoms with van der Waals surface area (Å²) < 4.78 is 18.8. The van der Waals surface area contributed by atoms with Gasteiger partial charge in [-0.3, -0.25) is 4.79 Å². The lowest BCUT2D eigenvalue weighted by molar-refractivity contribution is 0.0830. The Hall–Kier alpha value is -1.68. The normalized spacial score (nSPS) is 22.5. The highest BCUT2D eigenvalue weighted by Gasteiger charge is 2.41. The zero-order valence-electron chi connectivity index (χ0n) is 11.5. The van der Waals surface area contributed by atoms with Crippen LogP contribution in [0, 0.1) is 5.82 Å². The maximum Gasteiger partial charge on any atom is 0.217 e. The van der Waals surface area contributed by atoms with Gasteiger partial charge in [0.15, 0.2) is 5.76 Å². The lowest BCUT2D eigenvalue weighted by atomic mass is 9.86. The highest BCUT2D eigenvalue weighted by Crippen LogP contribution is 2.31. The molecule has 4 heteroatoms. The number of halogens is 1. The van der Waals surface area contributed by atoms with Gasteiger partial charge in [0.05, 0.1) is 5.54 Å². The molecule has 1 aliphatic heterocycles. The number of fused-ring (bicyclic) bond motifs is 1. The summed E-state index contributed by atoms with van der Waals surface area (Å²) in [6.45, 7) is 2.93. The minimum Gasteiger partial charge on any atom is -0.453 e. The summed E-state index contributed by atoms with van der Waals surface area (Å²) in [6.07, 6.45) is 3.58. The Morgan fingerprint density at radius 2 is 2.30 bits per heavy atom. The van der Waals surface area contributed by atoms with Crippen molar-refractivity contribution < 1.29 is 13.6 Å². The van der Waals surface area contributed by atoms with Gasteiger partial charge in [0, 0.05) is 5.39 Å². The van der Waals surface area contributed by atoms with Crippen molar-refractivity contribution in [2.75, 3.05) is 6.54 Å². The maximum absolute atomic E-state index is 13.2. The summed E-state index contributed by atoms with van der Waals surface area (Å²) in [7, 11) is 0. The molecule has 0 bridgehead atoms. The minimum absolute atomic E-state index is 0.00606. The monoisotopic (exact) mass is 275 g/mol. The van der Waals surface area contributed by atoms with Crippen LogP contribution in [-0.4, -0.2) is 17.9 Å². The van der Waals surface area contributed by atoms with E-state index in [1.54, 1.807) is 12.1 Å². The van der Waals surface area contributed by atoms with Crippen molar-refractivity contribution in [2.24, 2.45) is 0 Å². The van der Waals surface area contributed by atoms with E-state index < -0.39 is 5.54 Å². The Morgan fingerprint density at radius 1 is 1.45 bits per heavy atom. The van der Waals surface area contributed by atoms with Crippen molar-refractivity contribution in [1.82, 2.24) is 5.32 Å². The van der Waals surface area contributed by atoms with Crippen LogP contribution in [0.3, 0.4) is 0 Å². The summed E-state index contributed by atoms with van der Waals surface area (Å²) in [5.74, 6) is 0.00136. The topological polar surface area (TPSA) is 42.2 Å². The number of carbonyl (C=O) groups excluding carboxylic acids is 1. The molecule has 0 saturated carbocycles. The summed E-state index contributed by atoms with van der Waals surface area (Å²) in [6, 6.07) is 5.95. The van der Waals surface area contributed by atoms with E-state index in [-0.39, 0.29) is 11.6 Å². The molecule has 1 saturated heterocycles.